The van der Waals surface area contributed by atoms with Crippen LogP contribution in [-0.4, -0.2) is 17.9 Å². The maximum atomic E-state index is 12.6. The summed E-state index contributed by atoms with van der Waals surface area (Å²) < 4.78 is 0.677. The van der Waals surface area contributed by atoms with Crippen molar-refractivity contribution in [3.63, 3.8) is 0 Å². The van der Waals surface area contributed by atoms with Gasteiger partial charge in [0.2, 0.25) is 0 Å². The molecule has 0 saturated carbocycles. The van der Waals surface area contributed by atoms with E-state index in [0.717, 1.165) is 0 Å². The van der Waals surface area contributed by atoms with Gasteiger partial charge in [-0.05, 0) is 46.3 Å². The van der Waals surface area contributed by atoms with Gasteiger partial charge >= 0.3 is 0 Å². The highest BCUT2D eigenvalue weighted by atomic mass is 79.9. The molecule has 0 aliphatic heterocycles. The number of hydrogen-bond donors (Lipinski definition) is 1. The summed E-state index contributed by atoms with van der Waals surface area (Å²) in [6, 6.07) is 12.3. The normalized spacial score (nSPS) is 10.2. The highest BCUT2D eigenvalue weighted by Crippen LogP contribution is 2.26. The van der Waals surface area contributed by atoms with Crippen LogP contribution in [-0.2, 0) is 0 Å². The largest absolute Gasteiger partial charge is 0.389 e. The molecule has 0 radical (unpaired) electrons. The third kappa shape index (κ3) is 3.43. The first-order chi connectivity index (χ1) is 9.91. The summed E-state index contributed by atoms with van der Waals surface area (Å²) in [7, 11) is 1.67. The number of hydrogen-bond acceptors (Lipinski definition) is 2. The molecule has 0 spiro atoms. The molecule has 0 aromatic heterocycles. The molecule has 0 atom stereocenters. The van der Waals surface area contributed by atoms with E-state index in [0.29, 0.717) is 26.3 Å². The topological polar surface area (TPSA) is 46.3 Å². The minimum Gasteiger partial charge on any atom is -0.389 e. The first-order valence-corrected chi connectivity index (χ1v) is 7.61. The Kier molecular flexibility index (Phi) is 4.98. The molecule has 21 heavy (non-hydrogen) atoms. The zero-order chi connectivity index (χ0) is 15.6. The second kappa shape index (κ2) is 6.56. The van der Waals surface area contributed by atoms with E-state index < -0.39 is 0 Å². The number of anilines is 1. The van der Waals surface area contributed by atoms with Gasteiger partial charge in [-0.2, -0.15) is 0 Å². The van der Waals surface area contributed by atoms with Gasteiger partial charge in [0.1, 0.15) is 4.99 Å². The van der Waals surface area contributed by atoms with Crippen LogP contribution in [0.25, 0.3) is 0 Å². The number of nitrogens with two attached hydrogens (primary N) is 1. The van der Waals surface area contributed by atoms with Crippen molar-refractivity contribution in [2.45, 2.75) is 0 Å². The molecule has 0 aliphatic rings. The molecule has 0 fully saturated rings. The third-order valence-electron chi connectivity index (χ3n) is 2.99. The molecular weight excluding hydrogens is 372 g/mol. The van der Waals surface area contributed by atoms with E-state index in [2.05, 4.69) is 15.9 Å². The van der Waals surface area contributed by atoms with Crippen molar-refractivity contribution in [3.8, 4) is 0 Å². The second-order valence-corrected chi connectivity index (χ2v) is 6.10. The summed E-state index contributed by atoms with van der Waals surface area (Å²) in [5.41, 5.74) is 7.49. The summed E-state index contributed by atoms with van der Waals surface area (Å²) in [6.45, 7) is 0. The fraction of sp³-hybridized carbons (Fsp3) is 0.0667. The van der Waals surface area contributed by atoms with Crippen LogP contribution >= 0.6 is 39.7 Å². The van der Waals surface area contributed by atoms with Gasteiger partial charge in [-0.1, -0.05) is 36.0 Å². The zero-order valence-electron chi connectivity index (χ0n) is 11.1. The Morgan fingerprint density at radius 3 is 2.57 bits per heavy atom. The highest BCUT2D eigenvalue weighted by Gasteiger charge is 2.19. The Hall–Kier alpha value is -1.43. The summed E-state index contributed by atoms with van der Waals surface area (Å²) in [5, 5.41) is 0.498. The Labute approximate surface area is 141 Å². The van der Waals surface area contributed by atoms with Crippen LogP contribution in [0.15, 0.2) is 46.9 Å². The Morgan fingerprint density at radius 1 is 1.24 bits per heavy atom. The molecule has 2 aromatic carbocycles. The molecular formula is C15H12BrClN2OS. The van der Waals surface area contributed by atoms with E-state index >= 15 is 0 Å². The maximum Gasteiger partial charge on any atom is 0.259 e. The average molecular weight is 384 g/mol. The fourth-order valence-electron chi connectivity index (χ4n) is 1.93. The minimum absolute atomic E-state index is 0.201. The minimum atomic E-state index is -0.201. The van der Waals surface area contributed by atoms with Crippen molar-refractivity contribution in [1.29, 1.82) is 0 Å². The molecule has 2 rings (SSSR count). The molecule has 108 valence electrons. The maximum absolute atomic E-state index is 12.6. The second-order valence-electron chi connectivity index (χ2n) is 4.37. The number of halogens is 2. The van der Waals surface area contributed by atoms with E-state index in [4.69, 9.17) is 29.6 Å². The van der Waals surface area contributed by atoms with Crippen LogP contribution < -0.4 is 10.6 Å². The van der Waals surface area contributed by atoms with Crippen LogP contribution in [0.5, 0.6) is 0 Å². The molecule has 6 heteroatoms. The summed E-state index contributed by atoms with van der Waals surface area (Å²) in [6.07, 6.45) is 0. The van der Waals surface area contributed by atoms with Crippen LogP contribution in [0.3, 0.4) is 0 Å². The van der Waals surface area contributed by atoms with E-state index in [1.807, 2.05) is 12.1 Å². The molecule has 2 N–H and O–H groups in total. The van der Waals surface area contributed by atoms with Crippen molar-refractivity contribution in [3.05, 3.63) is 63.1 Å². The first kappa shape index (κ1) is 15.9. The van der Waals surface area contributed by atoms with Gasteiger partial charge in [0.25, 0.3) is 5.91 Å². The number of benzene rings is 2. The van der Waals surface area contributed by atoms with Crippen LogP contribution in [0.2, 0.25) is 5.02 Å². The standard InChI is InChI=1S/C15H12BrClN2OS/c1-19(13-5-3-2-4-10(13)14(18)21)15(20)11-8-9(17)6-7-12(11)16/h2-8H,1H3,(H2,18,21). The van der Waals surface area contributed by atoms with Gasteiger partial charge in [0.15, 0.2) is 0 Å². The van der Waals surface area contributed by atoms with E-state index in [1.54, 1.807) is 37.4 Å². The lowest BCUT2D eigenvalue weighted by Gasteiger charge is -2.21. The molecule has 0 aliphatic carbocycles. The predicted octanol–water partition coefficient (Wildman–Crippen LogP) is 4.01. The number of amides is 1. The predicted molar refractivity (Wildman–Crippen MR) is 94.2 cm³/mol. The van der Waals surface area contributed by atoms with Gasteiger partial charge in [0, 0.05) is 22.1 Å². The summed E-state index contributed by atoms with van der Waals surface area (Å²) >= 11 is 14.4. The quantitative estimate of drug-likeness (QED) is 0.815. The van der Waals surface area contributed by atoms with Crippen molar-refractivity contribution >= 4 is 56.3 Å². The monoisotopic (exact) mass is 382 g/mol. The summed E-state index contributed by atoms with van der Waals surface area (Å²) in [5.74, 6) is -0.201. The van der Waals surface area contributed by atoms with E-state index in [1.165, 1.54) is 4.90 Å². The van der Waals surface area contributed by atoms with Crippen LogP contribution in [0.4, 0.5) is 5.69 Å². The SMILES string of the molecule is CN(C(=O)c1cc(Cl)ccc1Br)c1ccccc1C(N)=S. The lowest BCUT2D eigenvalue weighted by Crippen LogP contribution is -2.29. The van der Waals surface area contributed by atoms with Gasteiger partial charge in [-0.25, -0.2) is 0 Å². The Morgan fingerprint density at radius 2 is 1.90 bits per heavy atom. The van der Waals surface area contributed by atoms with Gasteiger partial charge in [0.05, 0.1) is 11.3 Å². The smallest absolute Gasteiger partial charge is 0.259 e. The average Bonchev–Trinajstić information content (AvgIpc) is 2.48. The Bertz CT molecular complexity index is 721. The van der Waals surface area contributed by atoms with Crippen LogP contribution in [0, 0.1) is 0 Å². The number of carbonyl (C=O) groups is 1. The number of thiocarbonyl (C=S) groups is 1. The van der Waals surface area contributed by atoms with Crippen molar-refractivity contribution < 1.29 is 4.79 Å². The van der Waals surface area contributed by atoms with Crippen molar-refractivity contribution in [2.24, 2.45) is 5.73 Å². The van der Waals surface area contributed by atoms with Crippen molar-refractivity contribution in [1.82, 2.24) is 0 Å². The van der Waals surface area contributed by atoms with E-state index in [9.17, 15) is 4.79 Å². The van der Waals surface area contributed by atoms with Crippen molar-refractivity contribution in [2.75, 3.05) is 11.9 Å². The van der Waals surface area contributed by atoms with Gasteiger partial charge in [-0.3, -0.25) is 4.79 Å². The number of carbonyl (C=O) groups excluding carboxylic acids is 1. The molecule has 0 saturated heterocycles. The number of nitrogens with zero attached hydrogens (tertiary/aromatic N) is 1. The molecule has 2 aromatic rings. The zero-order valence-corrected chi connectivity index (χ0v) is 14.3. The number of para-hydroxylation sites is 1. The lowest BCUT2D eigenvalue weighted by molar-refractivity contribution is 0.0992. The molecule has 0 bridgehead atoms. The van der Waals surface area contributed by atoms with Gasteiger partial charge < -0.3 is 10.6 Å². The summed E-state index contributed by atoms with van der Waals surface area (Å²) in [4.78, 5) is 14.4. The third-order valence-corrected chi connectivity index (χ3v) is 4.14. The molecule has 1 amide bonds. The van der Waals surface area contributed by atoms with Crippen LogP contribution in [0.1, 0.15) is 15.9 Å². The van der Waals surface area contributed by atoms with E-state index in [-0.39, 0.29) is 10.9 Å². The number of rotatable bonds is 3. The molecule has 0 heterocycles. The molecule has 0 unspecified atom stereocenters. The first-order valence-electron chi connectivity index (χ1n) is 6.03. The lowest BCUT2D eigenvalue weighted by atomic mass is 10.1. The highest BCUT2D eigenvalue weighted by molar-refractivity contribution is 9.10. The fourth-order valence-corrected chi connectivity index (χ4v) is 2.69. The Balaban J connectivity index is 2.45. The van der Waals surface area contributed by atoms with Gasteiger partial charge in [-0.15, -0.1) is 0 Å². The molecule has 3 nitrogen and oxygen atoms in total.